The molecule has 0 spiro atoms. The topological polar surface area (TPSA) is 67.2 Å². The zero-order valence-electron chi connectivity index (χ0n) is 18.3. The molecule has 31 heavy (non-hydrogen) atoms. The van der Waals surface area contributed by atoms with Crippen LogP contribution in [0.25, 0.3) is 11.0 Å². The quantitative estimate of drug-likeness (QED) is 0.668. The van der Waals surface area contributed by atoms with E-state index in [1.54, 1.807) is 6.92 Å². The fraction of sp³-hybridized carbons (Fsp3) is 0.400. The Hall–Kier alpha value is -2.99. The number of carbonyl (C=O) groups is 1. The van der Waals surface area contributed by atoms with E-state index in [1.807, 2.05) is 24.3 Å². The standard InChI is InChI=1S/C25H30N4O2/c1-18-7-9-21(10-8-18)16-28-13-11-20(12-14-28)15-26-24(30)17-29-23-6-4-3-5-22(23)27-19(2)25(29)31/h3-10,20H,11-17H2,1-2H3,(H,26,30). The summed E-state index contributed by atoms with van der Waals surface area (Å²) < 4.78 is 1.52. The Balaban J connectivity index is 1.28. The molecule has 2 aromatic carbocycles. The first kappa shape index (κ1) is 21.2. The highest BCUT2D eigenvalue weighted by atomic mass is 16.2. The SMILES string of the molecule is Cc1ccc(CN2CCC(CNC(=O)Cn3c(=O)c(C)nc4ccccc43)CC2)cc1. The van der Waals surface area contributed by atoms with Crippen molar-refractivity contribution in [3.8, 4) is 0 Å². The second-order valence-electron chi connectivity index (χ2n) is 8.59. The molecule has 1 amide bonds. The first-order valence-corrected chi connectivity index (χ1v) is 11.0. The summed E-state index contributed by atoms with van der Waals surface area (Å²) >= 11 is 0. The second kappa shape index (κ2) is 9.43. The van der Waals surface area contributed by atoms with Gasteiger partial charge >= 0.3 is 0 Å². The molecule has 162 valence electrons. The van der Waals surface area contributed by atoms with Crippen LogP contribution in [0.5, 0.6) is 0 Å². The minimum Gasteiger partial charge on any atom is -0.354 e. The van der Waals surface area contributed by atoms with E-state index in [0.29, 0.717) is 23.7 Å². The van der Waals surface area contributed by atoms with E-state index >= 15 is 0 Å². The van der Waals surface area contributed by atoms with E-state index in [0.717, 1.165) is 38.0 Å². The summed E-state index contributed by atoms with van der Waals surface area (Å²) in [6, 6.07) is 16.2. The molecule has 4 rings (SSSR count). The van der Waals surface area contributed by atoms with Gasteiger partial charge in [0, 0.05) is 13.1 Å². The Morgan fingerprint density at radius 3 is 2.52 bits per heavy atom. The maximum Gasteiger partial charge on any atom is 0.272 e. The molecule has 6 heteroatoms. The summed E-state index contributed by atoms with van der Waals surface area (Å²) in [4.78, 5) is 32.0. The number of hydrogen-bond acceptors (Lipinski definition) is 4. The number of aryl methyl sites for hydroxylation is 2. The van der Waals surface area contributed by atoms with E-state index in [9.17, 15) is 9.59 Å². The lowest BCUT2D eigenvalue weighted by molar-refractivity contribution is -0.121. The average molecular weight is 419 g/mol. The summed E-state index contributed by atoms with van der Waals surface area (Å²) in [5, 5.41) is 3.05. The Kier molecular flexibility index (Phi) is 6.47. The first-order valence-electron chi connectivity index (χ1n) is 11.0. The normalized spacial score (nSPS) is 15.3. The number of nitrogens with one attached hydrogen (secondary N) is 1. The van der Waals surface area contributed by atoms with Crippen molar-refractivity contribution in [1.29, 1.82) is 0 Å². The lowest BCUT2D eigenvalue weighted by Crippen LogP contribution is -2.40. The molecular weight excluding hydrogens is 388 g/mol. The molecule has 1 saturated heterocycles. The number of para-hydroxylation sites is 2. The number of piperidine rings is 1. The van der Waals surface area contributed by atoms with Gasteiger partial charge in [0.2, 0.25) is 5.91 Å². The summed E-state index contributed by atoms with van der Waals surface area (Å²) in [7, 11) is 0. The molecule has 0 atom stereocenters. The smallest absolute Gasteiger partial charge is 0.272 e. The van der Waals surface area contributed by atoms with Crippen LogP contribution in [0.15, 0.2) is 53.3 Å². The summed E-state index contributed by atoms with van der Waals surface area (Å²) in [5.41, 5.74) is 4.26. The number of aromatic nitrogens is 2. The van der Waals surface area contributed by atoms with E-state index in [-0.39, 0.29) is 18.0 Å². The summed E-state index contributed by atoms with van der Waals surface area (Å²) in [6.45, 7) is 7.55. The molecule has 2 heterocycles. The fourth-order valence-electron chi connectivity index (χ4n) is 4.24. The minimum atomic E-state index is -0.210. The van der Waals surface area contributed by atoms with Crippen molar-refractivity contribution in [2.24, 2.45) is 5.92 Å². The molecule has 0 unspecified atom stereocenters. The molecule has 6 nitrogen and oxygen atoms in total. The molecule has 0 aliphatic carbocycles. The number of benzene rings is 2. The van der Waals surface area contributed by atoms with Gasteiger partial charge in [0.05, 0.1) is 11.0 Å². The predicted molar refractivity (Wildman–Crippen MR) is 123 cm³/mol. The van der Waals surface area contributed by atoms with Gasteiger partial charge in [0.25, 0.3) is 5.56 Å². The zero-order chi connectivity index (χ0) is 21.8. The van der Waals surface area contributed by atoms with Crippen LogP contribution >= 0.6 is 0 Å². The Morgan fingerprint density at radius 1 is 1.06 bits per heavy atom. The highest BCUT2D eigenvalue weighted by Gasteiger charge is 2.20. The highest BCUT2D eigenvalue weighted by molar-refractivity contribution is 5.80. The van der Waals surface area contributed by atoms with E-state index in [2.05, 4.69) is 46.4 Å². The molecule has 1 aliphatic rings. The largest absolute Gasteiger partial charge is 0.354 e. The van der Waals surface area contributed by atoms with Gasteiger partial charge in [-0.1, -0.05) is 42.0 Å². The van der Waals surface area contributed by atoms with Crippen molar-refractivity contribution in [3.63, 3.8) is 0 Å². The van der Waals surface area contributed by atoms with Crippen LogP contribution in [0.4, 0.5) is 0 Å². The van der Waals surface area contributed by atoms with Gasteiger partial charge in [0.15, 0.2) is 0 Å². The molecule has 1 aromatic heterocycles. The molecule has 0 saturated carbocycles. The van der Waals surface area contributed by atoms with Crippen molar-refractivity contribution < 1.29 is 4.79 Å². The fourth-order valence-corrected chi connectivity index (χ4v) is 4.24. The number of rotatable bonds is 6. The predicted octanol–water partition coefficient (Wildman–Crippen LogP) is 3.04. The monoisotopic (exact) mass is 418 g/mol. The molecule has 1 aliphatic heterocycles. The lowest BCUT2D eigenvalue weighted by atomic mass is 9.96. The van der Waals surface area contributed by atoms with Gasteiger partial charge in [-0.25, -0.2) is 4.98 Å². The third-order valence-corrected chi connectivity index (χ3v) is 6.14. The number of carbonyl (C=O) groups excluding carboxylic acids is 1. The van der Waals surface area contributed by atoms with Crippen LogP contribution < -0.4 is 10.9 Å². The maximum absolute atomic E-state index is 12.6. The highest BCUT2D eigenvalue weighted by Crippen LogP contribution is 2.19. The molecule has 0 bridgehead atoms. The van der Waals surface area contributed by atoms with Crippen molar-refractivity contribution in [2.45, 2.75) is 39.8 Å². The second-order valence-corrected chi connectivity index (χ2v) is 8.59. The molecule has 0 radical (unpaired) electrons. The van der Waals surface area contributed by atoms with Crippen molar-refractivity contribution in [1.82, 2.24) is 19.8 Å². The molecular formula is C25H30N4O2. The number of hydrogen-bond donors (Lipinski definition) is 1. The first-order chi connectivity index (χ1) is 15.0. The van der Waals surface area contributed by atoms with Gasteiger partial charge in [-0.15, -0.1) is 0 Å². The molecule has 1 fully saturated rings. The number of fused-ring (bicyclic) bond motifs is 1. The lowest BCUT2D eigenvalue weighted by Gasteiger charge is -2.32. The Morgan fingerprint density at radius 2 is 1.77 bits per heavy atom. The van der Waals surface area contributed by atoms with E-state index in [1.165, 1.54) is 15.7 Å². The van der Waals surface area contributed by atoms with Gasteiger partial charge < -0.3 is 5.32 Å². The van der Waals surface area contributed by atoms with Gasteiger partial charge in [-0.3, -0.25) is 19.1 Å². The van der Waals surface area contributed by atoms with Crippen LogP contribution in [0.2, 0.25) is 0 Å². The average Bonchev–Trinajstić information content (AvgIpc) is 2.78. The van der Waals surface area contributed by atoms with Gasteiger partial charge in [0.1, 0.15) is 12.2 Å². The third kappa shape index (κ3) is 5.20. The van der Waals surface area contributed by atoms with E-state index in [4.69, 9.17) is 0 Å². The van der Waals surface area contributed by atoms with Gasteiger partial charge in [-0.05, 0) is 63.4 Å². The van der Waals surface area contributed by atoms with Crippen LogP contribution in [0, 0.1) is 19.8 Å². The maximum atomic E-state index is 12.6. The van der Waals surface area contributed by atoms with Crippen LogP contribution in [-0.2, 0) is 17.9 Å². The van der Waals surface area contributed by atoms with Crippen molar-refractivity contribution in [2.75, 3.05) is 19.6 Å². The van der Waals surface area contributed by atoms with Crippen LogP contribution in [0.1, 0.15) is 29.7 Å². The number of nitrogens with zero attached hydrogens (tertiary/aromatic N) is 3. The van der Waals surface area contributed by atoms with Crippen molar-refractivity contribution >= 4 is 16.9 Å². The number of likely N-dealkylation sites (tertiary alicyclic amines) is 1. The Labute approximate surface area is 182 Å². The van der Waals surface area contributed by atoms with Crippen LogP contribution in [0.3, 0.4) is 0 Å². The van der Waals surface area contributed by atoms with Crippen LogP contribution in [-0.4, -0.2) is 40.0 Å². The summed E-state index contributed by atoms with van der Waals surface area (Å²) in [5.74, 6) is 0.353. The number of amides is 1. The Bertz CT molecular complexity index is 1110. The van der Waals surface area contributed by atoms with E-state index < -0.39 is 0 Å². The molecule has 3 aromatic rings. The summed E-state index contributed by atoms with van der Waals surface area (Å²) in [6.07, 6.45) is 2.15. The van der Waals surface area contributed by atoms with Gasteiger partial charge in [-0.2, -0.15) is 0 Å². The molecule has 1 N–H and O–H groups in total. The third-order valence-electron chi connectivity index (χ3n) is 6.14. The zero-order valence-corrected chi connectivity index (χ0v) is 18.3. The van der Waals surface area contributed by atoms with Crippen molar-refractivity contribution in [3.05, 3.63) is 75.7 Å². The minimum absolute atomic E-state index is 0.0228.